The second kappa shape index (κ2) is 8.36. The summed E-state index contributed by atoms with van der Waals surface area (Å²) in [6.45, 7) is 5.69. The van der Waals surface area contributed by atoms with Gasteiger partial charge in [0.05, 0.1) is 0 Å². The van der Waals surface area contributed by atoms with Crippen LogP contribution in [0, 0.1) is 6.92 Å². The Morgan fingerprint density at radius 1 is 1.17 bits per heavy atom. The lowest BCUT2D eigenvalue weighted by molar-refractivity contribution is 0.182. The van der Waals surface area contributed by atoms with Crippen LogP contribution in [0.2, 0.25) is 0 Å². The number of benzene rings is 1. The van der Waals surface area contributed by atoms with Gasteiger partial charge in [0.25, 0.3) is 0 Å². The van der Waals surface area contributed by atoms with E-state index in [0.29, 0.717) is 12.2 Å². The Balaban J connectivity index is 2.15. The maximum atomic E-state index is 11.7. The number of carbonyl (C=O) groups excluding carboxylic acids is 1. The number of hydrogen-bond acceptors (Lipinski definition) is 4. The van der Waals surface area contributed by atoms with Gasteiger partial charge in [0, 0.05) is 42.1 Å². The summed E-state index contributed by atoms with van der Waals surface area (Å²) in [6.07, 6.45) is 4.65. The van der Waals surface area contributed by atoms with E-state index in [1.165, 1.54) is 7.05 Å². The average Bonchev–Trinajstić information content (AvgIpc) is 2.66. The standard InChI is InChI=1S/C22H25N5O3/c1-13-5-6-24-11-17(13)14-7-15-9-19(26-20(28)23-4)25-12-18(15)16(8-14)10-22(2,3)27-21(29)30/h5-9,11-12,27H,10H2,1-4H3,(H,29,30)(H2,23,25,26,28). The smallest absolute Gasteiger partial charge is 0.405 e. The quantitative estimate of drug-likeness (QED) is 0.511. The molecule has 0 fully saturated rings. The predicted octanol–water partition coefficient (Wildman–Crippen LogP) is 3.95. The summed E-state index contributed by atoms with van der Waals surface area (Å²) in [5.41, 5.74) is 3.30. The fraction of sp³-hybridized carbons (Fsp3) is 0.273. The molecule has 3 amide bonds. The van der Waals surface area contributed by atoms with Gasteiger partial charge in [-0.25, -0.2) is 14.6 Å². The van der Waals surface area contributed by atoms with Crippen LogP contribution >= 0.6 is 0 Å². The Kier molecular flexibility index (Phi) is 5.86. The maximum absolute atomic E-state index is 11.7. The highest BCUT2D eigenvalue weighted by Crippen LogP contribution is 2.32. The molecular formula is C22H25N5O3. The van der Waals surface area contributed by atoms with Crippen molar-refractivity contribution in [2.24, 2.45) is 0 Å². The Morgan fingerprint density at radius 3 is 2.60 bits per heavy atom. The van der Waals surface area contributed by atoms with Crippen molar-refractivity contribution in [3.63, 3.8) is 0 Å². The SMILES string of the molecule is CNC(=O)Nc1cc2cc(-c3cnccc3C)cc(CC(C)(C)NC(=O)O)c2cn1. The number of anilines is 1. The molecule has 4 N–H and O–H groups in total. The van der Waals surface area contributed by atoms with Gasteiger partial charge in [-0.3, -0.25) is 10.3 Å². The van der Waals surface area contributed by atoms with Gasteiger partial charge in [0.15, 0.2) is 0 Å². The number of carboxylic acid groups (broad SMARTS) is 1. The van der Waals surface area contributed by atoms with Crippen LogP contribution in [0.3, 0.4) is 0 Å². The van der Waals surface area contributed by atoms with Gasteiger partial charge >= 0.3 is 12.1 Å². The fourth-order valence-electron chi connectivity index (χ4n) is 3.46. The van der Waals surface area contributed by atoms with Crippen LogP contribution < -0.4 is 16.0 Å². The van der Waals surface area contributed by atoms with E-state index in [2.05, 4.69) is 25.9 Å². The number of amides is 3. The molecule has 0 aliphatic heterocycles. The largest absolute Gasteiger partial charge is 0.465 e. The molecule has 3 rings (SSSR count). The number of aryl methyl sites for hydroxylation is 1. The lowest BCUT2D eigenvalue weighted by Gasteiger charge is -2.26. The van der Waals surface area contributed by atoms with Crippen molar-refractivity contribution in [3.8, 4) is 11.1 Å². The summed E-state index contributed by atoms with van der Waals surface area (Å²) in [6, 6.07) is 7.47. The Bertz CT molecular complexity index is 1110. The number of carbonyl (C=O) groups is 2. The first-order chi connectivity index (χ1) is 14.2. The molecule has 0 unspecified atom stereocenters. The molecule has 0 aliphatic rings. The molecule has 8 nitrogen and oxygen atoms in total. The highest BCUT2D eigenvalue weighted by Gasteiger charge is 2.22. The molecule has 0 spiro atoms. The molecule has 30 heavy (non-hydrogen) atoms. The van der Waals surface area contributed by atoms with Crippen LogP contribution in [-0.4, -0.2) is 39.8 Å². The summed E-state index contributed by atoms with van der Waals surface area (Å²) < 4.78 is 0. The van der Waals surface area contributed by atoms with Crippen LogP contribution in [0.1, 0.15) is 25.0 Å². The molecule has 1 aromatic carbocycles. The zero-order valence-electron chi connectivity index (χ0n) is 17.4. The van der Waals surface area contributed by atoms with Gasteiger partial charge in [-0.05, 0) is 67.5 Å². The van der Waals surface area contributed by atoms with E-state index >= 15 is 0 Å². The van der Waals surface area contributed by atoms with E-state index in [-0.39, 0.29) is 6.03 Å². The number of hydrogen-bond donors (Lipinski definition) is 4. The number of nitrogens with one attached hydrogen (secondary N) is 3. The first kappa shape index (κ1) is 21.0. The van der Waals surface area contributed by atoms with E-state index in [1.54, 1.807) is 18.5 Å². The van der Waals surface area contributed by atoms with Crippen molar-refractivity contribution in [3.05, 3.63) is 54.0 Å². The third kappa shape index (κ3) is 4.83. The topological polar surface area (TPSA) is 116 Å². The maximum Gasteiger partial charge on any atom is 0.405 e. The first-order valence-electron chi connectivity index (χ1n) is 9.52. The minimum atomic E-state index is -1.07. The molecule has 0 atom stereocenters. The Morgan fingerprint density at radius 2 is 1.93 bits per heavy atom. The Hall–Kier alpha value is -3.68. The molecule has 3 aromatic rings. The second-order valence-electron chi connectivity index (χ2n) is 7.81. The van der Waals surface area contributed by atoms with Crippen LogP contribution in [-0.2, 0) is 6.42 Å². The molecule has 0 saturated carbocycles. The summed E-state index contributed by atoms with van der Waals surface area (Å²) in [7, 11) is 1.54. The van der Waals surface area contributed by atoms with E-state index < -0.39 is 11.6 Å². The van der Waals surface area contributed by atoms with Crippen molar-refractivity contribution in [2.45, 2.75) is 32.7 Å². The number of rotatable bonds is 5. The molecule has 0 radical (unpaired) electrons. The van der Waals surface area contributed by atoms with E-state index in [1.807, 2.05) is 45.2 Å². The van der Waals surface area contributed by atoms with Gasteiger partial charge in [0.2, 0.25) is 0 Å². The molecule has 2 heterocycles. The lowest BCUT2D eigenvalue weighted by atomic mass is 9.89. The number of nitrogens with zero attached hydrogens (tertiary/aromatic N) is 2. The third-order valence-corrected chi connectivity index (χ3v) is 4.82. The molecule has 0 aliphatic carbocycles. The zero-order valence-corrected chi connectivity index (χ0v) is 17.4. The van der Waals surface area contributed by atoms with Crippen LogP contribution in [0.4, 0.5) is 15.4 Å². The zero-order chi connectivity index (χ0) is 21.9. The number of pyridine rings is 2. The first-order valence-corrected chi connectivity index (χ1v) is 9.52. The van der Waals surface area contributed by atoms with Crippen molar-refractivity contribution in [2.75, 3.05) is 12.4 Å². The third-order valence-electron chi connectivity index (χ3n) is 4.82. The monoisotopic (exact) mass is 407 g/mol. The number of fused-ring (bicyclic) bond motifs is 1. The van der Waals surface area contributed by atoms with Crippen LogP contribution in [0.25, 0.3) is 21.9 Å². The fourth-order valence-corrected chi connectivity index (χ4v) is 3.46. The molecule has 0 saturated heterocycles. The normalized spacial score (nSPS) is 11.2. The van der Waals surface area contributed by atoms with Gasteiger partial charge in [0.1, 0.15) is 5.82 Å². The highest BCUT2D eigenvalue weighted by atomic mass is 16.4. The van der Waals surface area contributed by atoms with Gasteiger partial charge in [-0.2, -0.15) is 0 Å². The minimum Gasteiger partial charge on any atom is -0.465 e. The highest BCUT2D eigenvalue weighted by molar-refractivity contribution is 5.95. The van der Waals surface area contributed by atoms with E-state index in [9.17, 15) is 14.7 Å². The molecule has 156 valence electrons. The van der Waals surface area contributed by atoms with Crippen molar-refractivity contribution >= 4 is 28.7 Å². The summed E-state index contributed by atoms with van der Waals surface area (Å²) >= 11 is 0. The Labute approximate surface area is 174 Å². The molecule has 0 bridgehead atoms. The van der Waals surface area contributed by atoms with Crippen molar-refractivity contribution < 1.29 is 14.7 Å². The van der Waals surface area contributed by atoms with Crippen LogP contribution in [0.15, 0.2) is 42.9 Å². The summed E-state index contributed by atoms with van der Waals surface area (Å²) in [5, 5.41) is 18.7. The van der Waals surface area contributed by atoms with Gasteiger partial charge in [-0.1, -0.05) is 6.07 Å². The number of urea groups is 1. The molecule has 8 heteroatoms. The van der Waals surface area contributed by atoms with Crippen LogP contribution in [0.5, 0.6) is 0 Å². The summed E-state index contributed by atoms with van der Waals surface area (Å²) in [4.78, 5) is 31.5. The molecular weight excluding hydrogens is 382 g/mol. The average molecular weight is 407 g/mol. The minimum absolute atomic E-state index is 0.354. The lowest BCUT2D eigenvalue weighted by Crippen LogP contribution is -2.44. The van der Waals surface area contributed by atoms with E-state index in [0.717, 1.165) is 33.0 Å². The summed E-state index contributed by atoms with van der Waals surface area (Å²) in [5.74, 6) is 0.427. The number of aromatic nitrogens is 2. The van der Waals surface area contributed by atoms with Gasteiger partial charge in [-0.15, -0.1) is 0 Å². The second-order valence-corrected chi connectivity index (χ2v) is 7.81. The van der Waals surface area contributed by atoms with Crippen molar-refractivity contribution in [1.29, 1.82) is 0 Å². The van der Waals surface area contributed by atoms with E-state index in [4.69, 9.17) is 0 Å². The van der Waals surface area contributed by atoms with Gasteiger partial charge < -0.3 is 15.7 Å². The predicted molar refractivity (Wildman–Crippen MR) is 117 cm³/mol. The van der Waals surface area contributed by atoms with Crippen molar-refractivity contribution in [1.82, 2.24) is 20.6 Å². The molecule has 2 aromatic heterocycles.